The Morgan fingerprint density at radius 1 is 0.515 bits per heavy atom. The Morgan fingerprint density at radius 2 is 0.909 bits per heavy atom. The van der Waals surface area contributed by atoms with Crippen molar-refractivity contribution >= 4 is 34.4 Å². The number of amides is 2. The maximum atomic E-state index is 13.6. The number of nitrogens with zero attached hydrogens (tertiary/aromatic N) is 1. The lowest BCUT2D eigenvalue weighted by atomic mass is 9.81. The van der Waals surface area contributed by atoms with Gasteiger partial charge < -0.3 is 0 Å². The summed E-state index contributed by atoms with van der Waals surface area (Å²) in [5.41, 5.74) is 4.13. The van der Waals surface area contributed by atoms with Crippen molar-refractivity contribution in [2.75, 3.05) is 0 Å². The zero-order chi connectivity index (χ0) is 22.8. The van der Waals surface area contributed by atoms with Crippen molar-refractivity contribution < 1.29 is 9.59 Å². The van der Waals surface area contributed by atoms with Crippen molar-refractivity contribution in [1.82, 2.24) is 4.90 Å². The van der Waals surface area contributed by atoms with E-state index in [-0.39, 0.29) is 21.7 Å². The number of hydrogen-bond acceptors (Lipinski definition) is 2. The van der Waals surface area contributed by atoms with E-state index >= 15 is 0 Å². The molecule has 0 fully saturated rings. The van der Waals surface area contributed by atoms with Crippen LogP contribution in [0.4, 0.5) is 0 Å². The van der Waals surface area contributed by atoms with Crippen molar-refractivity contribution in [3.8, 4) is 0 Å². The van der Waals surface area contributed by atoms with E-state index < -0.39 is 6.04 Å². The first-order valence-electron chi connectivity index (χ1n) is 10.9. The van der Waals surface area contributed by atoms with Crippen molar-refractivity contribution in [1.29, 1.82) is 0 Å². The number of rotatable bonds is 6. The number of benzene rings is 4. The molecule has 162 valence electrons. The van der Waals surface area contributed by atoms with Gasteiger partial charge in [0, 0.05) is 9.84 Å². The molecule has 0 unspecified atom stereocenters. The summed E-state index contributed by atoms with van der Waals surface area (Å²) in [7, 11) is 0. The van der Waals surface area contributed by atoms with Crippen LogP contribution in [0.1, 0.15) is 53.3 Å². The van der Waals surface area contributed by atoms with E-state index in [1.807, 2.05) is 78.9 Å². The van der Waals surface area contributed by atoms with Crippen LogP contribution in [-0.4, -0.2) is 16.7 Å². The standard InChI is InChI=1S/C29H22INO2/c30-26(21-14-6-2-7-15-21)25(20-12-4-1-5-13-20)27(22-16-8-3-9-17-22)31-28(32)23-18-10-11-19-24(23)29(31)33/h1-19,25-27H/t25-,26+,27+/m1/s1. The van der Waals surface area contributed by atoms with Crippen LogP contribution in [0.5, 0.6) is 0 Å². The molecular formula is C29H22INO2. The summed E-state index contributed by atoms with van der Waals surface area (Å²) in [6.07, 6.45) is 0. The number of alkyl halides is 1. The van der Waals surface area contributed by atoms with Gasteiger partial charge in [-0.1, -0.05) is 126 Å². The molecule has 33 heavy (non-hydrogen) atoms. The molecule has 0 radical (unpaired) electrons. The van der Waals surface area contributed by atoms with Gasteiger partial charge >= 0.3 is 0 Å². The first kappa shape index (κ1) is 21.6. The zero-order valence-electron chi connectivity index (χ0n) is 17.8. The van der Waals surface area contributed by atoms with Gasteiger partial charge in [0.15, 0.2) is 0 Å². The quantitative estimate of drug-likeness (QED) is 0.150. The summed E-state index contributed by atoms with van der Waals surface area (Å²) < 4.78 is 0.0284. The highest BCUT2D eigenvalue weighted by atomic mass is 127. The van der Waals surface area contributed by atoms with Crippen LogP contribution in [0.15, 0.2) is 115 Å². The van der Waals surface area contributed by atoms with Crippen LogP contribution in [0.25, 0.3) is 0 Å². The van der Waals surface area contributed by atoms with Gasteiger partial charge in [-0.25, -0.2) is 0 Å². The van der Waals surface area contributed by atoms with E-state index in [0.29, 0.717) is 11.1 Å². The molecule has 4 aromatic carbocycles. The molecule has 0 saturated heterocycles. The van der Waals surface area contributed by atoms with Crippen LogP contribution in [-0.2, 0) is 0 Å². The molecule has 3 nitrogen and oxygen atoms in total. The SMILES string of the molecule is O=C1c2ccccc2C(=O)N1[C@@H](c1ccccc1)[C@H](c1ccccc1)[C@@H](I)c1ccccc1. The van der Waals surface area contributed by atoms with E-state index in [2.05, 4.69) is 46.9 Å². The van der Waals surface area contributed by atoms with Gasteiger partial charge in [0.2, 0.25) is 0 Å². The summed E-state index contributed by atoms with van der Waals surface area (Å²) in [5, 5.41) is 0. The minimum absolute atomic E-state index is 0.0284. The Kier molecular flexibility index (Phi) is 6.09. The van der Waals surface area contributed by atoms with Gasteiger partial charge in [-0.2, -0.15) is 0 Å². The predicted molar refractivity (Wildman–Crippen MR) is 139 cm³/mol. The maximum Gasteiger partial charge on any atom is 0.262 e. The van der Waals surface area contributed by atoms with Crippen LogP contribution in [0.2, 0.25) is 0 Å². The second-order valence-electron chi connectivity index (χ2n) is 8.13. The second kappa shape index (κ2) is 9.32. The van der Waals surface area contributed by atoms with Crippen LogP contribution < -0.4 is 0 Å². The monoisotopic (exact) mass is 543 g/mol. The number of hydrogen-bond donors (Lipinski definition) is 0. The Morgan fingerprint density at radius 3 is 1.39 bits per heavy atom. The molecule has 0 aliphatic carbocycles. The molecule has 3 atom stereocenters. The van der Waals surface area contributed by atoms with E-state index in [9.17, 15) is 9.59 Å². The third kappa shape index (κ3) is 4.00. The highest BCUT2D eigenvalue weighted by Crippen LogP contribution is 2.50. The van der Waals surface area contributed by atoms with Crippen molar-refractivity contribution in [2.24, 2.45) is 0 Å². The Bertz CT molecular complexity index is 1240. The largest absolute Gasteiger partial charge is 0.269 e. The Labute approximate surface area is 207 Å². The summed E-state index contributed by atoms with van der Waals surface area (Å²) in [5.74, 6) is -0.608. The number of imide groups is 1. The first-order valence-corrected chi connectivity index (χ1v) is 12.2. The van der Waals surface area contributed by atoms with Gasteiger partial charge in [-0.15, -0.1) is 0 Å². The zero-order valence-corrected chi connectivity index (χ0v) is 20.0. The van der Waals surface area contributed by atoms with Crippen LogP contribution in [0.3, 0.4) is 0 Å². The normalized spacial score (nSPS) is 15.7. The van der Waals surface area contributed by atoms with Gasteiger partial charge in [0.1, 0.15) is 0 Å². The van der Waals surface area contributed by atoms with E-state index in [1.54, 1.807) is 12.1 Å². The smallest absolute Gasteiger partial charge is 0.262 e. The molecule has 0 saturated carbocycles. The van der Waals surface area contributed by atoms with Crippen LogP contribution >= 0.6 is 22.6 Å². The number of carbonyl (C=O) groups is 2. The van der Waals surface area contributed by atoms with Gasteiger partial charge in [0.05, 0.1) is 17.2 Å². The number of fused-ring (bicyclic) bond motifs is 1. The summed E-state index contributed by atoms with van der Waals surface area (Å²) in [6, 6.07) is 37.0. The van der Waals surface area contributed by atoms with E-state index in [4.69, 9.17) is 0 Å². The number of halogens is 1. The summed E-state index contributed by atoms with van der Waals surface area (Å²) in [6.45, 7) is 0. The van der Waals surface area contributed by atoms with Gasteiger partial charge in [0.25, 0.3) is 11.8 Å². The van der Waals surface area contributed by atoms with Crippen molar-refractivity contribution in [3.05, 3.63) is 143 Å². The minimum Gasteiger partial charge on any atom is -0.269 e. The lowest BCUT2D eigenvalue weighted by Gasteiger charge is -2.37. The minimum atomic E-state index is -0.455. The lowest BCUT2D eigenvalue weighted by molar-refractivity contribution is 0.0556. The molecule has 2 amide bonds. The topological polar surface area (TPSA) is 37.4 Å². The highest BCUT2D eigenvalue weighted by Gasteiger charge is 2.45. The average molecular weight is 543 g/mol. The summed E-state index contributed by atoms with van der Waals surface area (Å²) in [4.78, 5) is 28.7. The molecule has 0 N–H and O–H groups in total. The molecule has 4 heteroatoms. The lowest BCUT2D eigenvalue weighted by Crippen LogP contribution is -2.38. The molecule has 5 rings (SSSR count). The third-order valence-electron chi connectivity index (χ3n) is 6.20. The Balaban J connectivity index is 1.71. The first-order chi connectivity index (χ1) is 16.2. The third-order valence-corrected chi connectivity index (χ3v) is 7.70. The molecule has 1 aliphatic heterocycles. The van der Waals surface area contributed by atoms with E-state index in [0.717, 1.165) is 16.7 Å². The van der Waals surface area contributed by atoms with Gasteiger partial charge in [-0.05, 0) is 28.8 Å². The fourth-order valence-corrected chi connectivity index (χ4v) is 5.88. The molecule has 1 aliphatic rings. The Hall–Kier alpha value is -3.25. The number of carbonyl (C=O) groups excluding carboxylic acids is 2. The van der Waals surface area contributed by atoms with Crippen LogP contribution in [0, 0.1) is 0 Å². The summed E-state index contributed by atoms with van der Waals surface area (Å²) >= 11 is 2.47. The molecule has 4 aromatic rings. The molecule has 1 heterocycles. The van der Waals surface area contributed by atoms with Crippen molar-refractivity contribution in [2.45, 2.75) is 15.9 Å². The molecular weight excluding hydrogens is 521 g/mol. The second-order valence-corrected chi connectivity index (χ2v) is 9.47. The molecule has 0 aromatic heterocycles. The van der Waals surface area contributed by atoms with E-state index in [1.165, 1.54) is 4.90 Å². The predicted octanol–water partition coefficient (Wildman–Crippen LogP) is 6.98. The van der Waals surface area contributed by atoms with Gasteiger partial charge in [-0.3, -0.25) is 14.5 Å². The molecule has 0 bridgehead atoms. The molecule has 0 spiro atoms. The average Bonchev–Trinajstić information content (AvgIpc) is 3.13. The maximum absolute atomic E-state index is 13.6. The fourth-order valence-electron chi connectivity index (χ4n) is 4.66. The highest BCUT2D eigenvalue weighted by molar-refractivity contribution is 14.1. The fraction of sp³-hybridized carbons (Fsp3) is 0.103. The van der Waals surface area contributed by atoms with Crippen molar-refractivity contribution in [3.63, 3.8) is 0 Å².